The van der Waals surface area contributed by atoms with Crippen LogP contribution in [0.4, 0.5) is 0 Å². The van der Waals surface area contributed by atoms with Gasteiger partial charge in [-0.2, -0.15) is 0 Å². The van der Waals surface area contributed by atoms with Gasteiger partial charge >= 0.3 is 0 Å². The Morgan fingerprint density at radius 3 is 2.33 bits per heavy atom. The molecule has 201 valence electrons. The van der Waals surface area contributed by atoms with Gasteiger partial charge in [0.25, 0.3) is 0 Å². The van der Waals surface area contributed by atoms with E-state index in [0.29, 0.717) is 16.8 Å². The summed E-state index contributed by atoms with van der Waals surface area (Å²) in [6, 6.07) is 25.6. The molecule has 4 heterocycles. The number of hydrogen-bond acceptors (Lipinski definition) is 4. The van der Waals surface area contributed by atoms with Gasteiger partial charge in [0, 0.05) is 46.1 Å². The summed E-state index contributed by atoms with van der Waals surface area (Å²) in [7, 11) is 0. The Balaban J connectivity index is 0.000000220. The predicted octanol–water partition coefficient (Wildman–Crippen LogP) is 9.75. The van der Waals surface area contributed by atoms with Gasteiger partial charge in [-0.15, -0.1) is 64.9 Å². The molecule has 0 aliphatic rings. The number of aryl methyl sites for hydroxylation is 5. The normalized spacial score (nSPS) is 13.8. The van der Waals surface area contributed by atoms with Crippen molar-refractivity contribution >= 4 is 43.4 Å². The van der Waals surface area contributed by atoms with Crippen molar-refractivity contribution in [3.05, 3.63) is 118 Å². The monoisotopic (exact) mass is 723 g/mol. The molecule has 5 heteroatoms. The molecule has 1 radical (unpaired) electrons. The Morgan fingerprint density at radius 1 is 0.775 bits per heavy atom. The first-order chi connectivity index (χ1) is 21.3. The summed E-state index contributed by atoms with van der Waals surface area (Å²) in [6.07, 6.45) is 3.04. The molecule has 0 atom stereocenters. The zero-order valence-corrected chi connectivity index (χ0v) is 25.3. The zero-order chi connectivity index (χ0) is 32.1. The summed E-state index contributed by atoms with van der Waals surface area (Å²) in [4.78, 5) is 8.67. The maximum atomic E-state index is 7.80. The quantitative estimate of drug-likeness (QED) is 0.167. The average molecular weight is 723 g/mol. The standard InChI is InChI=1S/C21H14NOS.C14H14N.Ir/c1-12-10-18(22-11-13(12)2)17-5-3-4-15-16-7-6-14-8-9-24-21(14)20(16)23-19(15)17;1-10-4-6-13(7-5-10)14-8-11(2)12(3)9-15-14;/h3-4,6-11H,1-2H3;4-6,8-9H,1-3H3;/q2*-1;/i1D3,2D3;;. The van der Waals surface area contributed by atoms with Crippen LogP contribution < -0.4 is 0 Å². The summed E-state index contributed by atoms with van der Waals surface area (Å²) in [6.45, 7) is 1.08. The SMILES string of the molecule is Cc1c[c-]c(-c2cc(C)c(C)cn2)cc1.[2H]C([2H])([2H])c1cnc(-c2[c-]ccc3c2oc2c3ccc3ccsc32)cc1C([2H])([2H])[2H].[Ir]. The number of hydrogen-bond donors (Lipinski definition) is 0. The van der Waals surface area contributed by atoms with Crippen LogP contribution in [0.2, 0.25) is 0 Å². The van der Waals surface area contributed by atoms with Gasteiger partial charge in [-0.05, 0) is 66.9 Å². The summed E-state index contributed by atoms with van der Waals surface area (Å²) in [5.41, 5.74) is 7.37. The van der Waals surface area contributed by atoms with E-state index in [2.05, 4.69) is 61.1 Å². The van der Waals surface area contributed by atoms with E-state index in [0.717, 1.165) is 43.9 Å². The van der Waals surface area contributed by atoms with Gasteiger partial charge in [0.2, 0.25) is 0 Å². The number of nitrogens with zero attached hydrogens (tertiary/aromatic N) is 2. The third kappa shape index (κ3) is 5.25. The largest absolute Gasteiger partial charge is 0.499 e. The van der Waals surface area contributed by atoms with E-state index in [-0.39, 0.29) is 31.2 Å². The van der Waals surface area contributed by atoms with Crippen LogP contribution in [0.15, 0.2) is 82.9 Å². The van der Waals surface area contributed by atoms with Crippen LogP contribution in [0.1, 0.15) is 36.0 Å². The first-order valence-corrected chi connectivity index (χ1v) is 13.4. The molecule has 0 saturated heterocycles. The Bertz CT molecular complexity index is 2180. The van der Waals surface area contributed by atoms with Gasteiger partial charge in [0.15, 0.2) is 0 Å². The van der Waals surface area contributed by atoms with E-state index in [9.17, 15) is 0 Å². The molecule has 0 unspecified atom stereocenters. The Morgan fingerprint density at radius 2 is 1.55 bits per heavy atom. The number of fused-ring (bicyclic) bond motifs is 5. The minimum atomic E-state index is -2.59. The number of benzene rings is 3. The maximum absolute atomic E-state index is 7.80. The Hall–Kier alpha value is -3.63. The molecule has 0 saturated carbocycles. The van der Waals surface area contributed by atoms with E-state index < -0.39 is 13.7 Å². The third-order valence-electron chi connectivity index (χ3n) is 6.80. The molecular weight excluding hydrogens is 689 g/mol. The maximum Gasteiger partial charge on any atom is 0.138 e. The van der Waals surface area contributed by atoms with Crippen LogP contribution in [0.25, 0.3) is 54.5 Å². The zero-order valence-electron chi connectivity index (χ0n) is 28.0. The van der Waals surface area contributed by atoms with E-state index in [1.165, 1.54) is 22.8 Å². The Kier molecular flexibility index (Phi) is 6.06. The summed E-state index contributed by atoms with van der Waals surface area (Å²) in [5, 5.41) is 4.90. The van der Waals surface area contributed by atoms with Crippen molar-refractivity contribution in [2.45, 2.75) is 34.5 Å². The second-order valence-corrected chi connectivity index (χ2v) is 10.4. The van der Waals surface area contributed by atoms with Crippen LogP contribution in [0.5, 0.6) is 0 Å². The molecule has 7 aromatic rings. The van der Waals surface area contributed by atoms with Crippen molar-refractivity contribution in [2.24, 2.45) is 0 Å². The average Bonchev–Trinajstić information content (AvgIpc) is 3.63. The number of furan rings is 1. The van der Waals surface area contributed by atoms with Gasteiger partial charge in [-0.1, -0.05) is 53.3 Å². The van der Waals surface area contributed by atoms with Crippen molar-refractivity contribution < 1.29 is 32.7 Å². The molecule has 0 fully saturated rings. The molecule has 4 aromatic heterocycles. The predicted molar refractivity (Wildman–Crippen MR) is 163 cm³/mol. The van der Waals surface area contributed by atoms with Crippen molar-refractivity contribution in [1.29, 1.82) is 0 Å². The van der Waals surface area contributed by atoms with Crippen molar-refractivity contribution in [3.8, 4) is 22.5 Å². The van der Waals surface area contributed by atoms with Crippen LogP contribution in [-0.4, -0.2) is 9.97 Å². The summed E-state index contributed by atoms with van der Waals surface area (Å²) < 4.78 is 53.6. The molecule has 7 rings (SSSR count). The topological polar surface area (TPSA) is 38.9 Å². The molecule has 0 N–H and O–H groups in total. The van der Waals surface area contributed by atoms with Crippen LogP contribution in [-0.2, 0) is 20.1 Å². The molecule has 0 spiro atoms. The minimum Gasteiger partial charge on any atom is -0.499 e. The minimum absolute atomic E-state index is 0. The van der Waals surface area contributed by atoms with Gasteiger partial charge in [-0.25, -0.2) is 0 Å². The van der Waals surface area contributed by atoms with Gasteiger partial charge < -0.3 is 14.4 Å². The van der Waals surface area contributed by atoms with Gasteiger partial charge in [0.05, 0.1) is 10.3 Å². The van der Waals surface area contributed by atoms with Crippen molar-refractivity contribution in [3.63, 3.8) is 0 Å². The molecule has 0 amide bonds. The van der Waals surface area contributed by atoms with Gasteiger partial charge in [-0.3, -0.25) is 0 Å². The summed E-state index contributed by atoms with van der Waals surface area (Å²) >= 11 is 1.59. The number of aromatic nitrogens is 2. The van der Waals surface area contributed by atoms with E-state index >= 15 is 0 Å². The number of thiophene rings is 1. The molecule has 3 aromatic carbocycles. The van der Waals surface area contributed by atoms with Crippen LogP contribution in [0.3, 0.4) is 0 Å². The second-order valence-electron chi connectivity index (χ2n) is 9.53. The molecule has 3 nitrogen and oxygen atoms in total. The summed E-state index contributed by atoms with van der Waals surface area (Å²) in [5.74, 6) is 0. The number of rotatable bonds is 2. The van der Waals surface area contributed by atoms with Crippen LogP contribution >= 0.6 is 11.3 Å². The van der Waals surface area contributed by atoms with Crippen molar-refractivity contribution in [1.82, 2.24) is 9.97 Å². The first kappa shape index (κ1) is 21.2. The van der Waals surface area contributed by atoms with E-state index in [4.69, 9.17) is 12.6 Å². The first-order valence-electron chi connectivity index (χ1n) is 15.5. The van der Waals surface area contributed by atoms with E-state index in [1.807, 2.05) is 41.9 Å². The molecule has 0 bridgehead atoms. The fraction of sp³-hybridized carbons (Fsp3) is 0.143. The van der Waals surface area contributed by atoms with E-state index in [1.54, 1.807) is 17.4 Å². The number of pyridine rings is 2. The van der Waals surface area contributed by atoms with Gasteiger partial charge in [0.1, 0.15) is 5.58 Å². The fourth-order valence-corrected chi connectivity index (χ4v) is 5.32. The van der Waals surface area contributed by atoms with Crippen LogP contribution in [0, 0.1) is 46.6 Å². The molecular formula is C35H28IrN2OS-2. The Labute approximate surface area is 260 Å². The second kappa shape index (κ2) is 11.5. The smallest absolute Gasteiger partial charge is 0.138 e. The molecule has 0 aliphatic carbocycles. The van der Waals surface area contributed by atoms with Crippen molar-refractivity contribution in [2.75, 3.05) is 0 Å². The molecule has 0 aliphatic heterocycles. The third-order valence-corrected chi connectivity index (χ3v) is 7.73. The molecule has 40 heavy (non-hydrogen) atoms. The fourth-order valence-electron chi connectivity index (χ4n) is 4.44.